The van der Waals surface area contributed by atoms with Crippen molar-refractivity contribution in [3.8, 4) is 11.5 Å². The molecule has 0 saturated carbocycles. The van der Waals surface area contributed by atoms with E-state index in [0.29, 0.717) is 42.0 Å². The van der Waals surface area contributed by atoms with Crippen molar-refractivity contribution in [2.45, 2.75) is 63.7 Å². The van der Waals surface area contributed by atoms with Crippen LogP contribution >= 0.6 is 11.6 Å². The molecule has 202 valence electrons. The summed E-state index contributed by atoms with van der Waals surface area (Å²) < 4.78 is 48.9. The lowest BCUT2D eigenvalue weighted by Crippen LogP contribution is -2.36. The van der Waals surface area contributed by atoms with Crippen molar-refractivity contribution in [1.82, 2.24) is 14.5 Å². The lowest BCUT2D eigenvalue weighted by Gasteiger charge is -2.33. The first-order chi connectivity index (χ1) is 18.3. The summed E-state index contributed by atoms with van der Waals surface area (Å²) in [5, 5.41) is 10.0. The Morgan fingerprint density at radius 2 is 1.92 bits per heavy atom. The van der Waals surface area contributed by atoms with Crippen LogP contribution in [0.5, 0.6) is 11.5 Å². The first kappa shape index (κ1) is 25.6. The molecule has 2 fully saturated rings. The minimum Gasteiger partial charge on any atom is -0.444 e. The number of benzene rings is 2. The summed E-state index contributed by atoms with van der Waals surface area (Å²) in [4.78, 5) is 6.39. The molecule has 2 atom stereocenters. The molecule has 0 spiro atoms. The average Bonchev–Trinajstić information content (AvgIpc) is 3.37. The fraction of sp³-hybridized carbons (Fsp3) is 0.464. The van der Waals surface area contributed by atoms with Crippen LogP contribution in [-0.2, 0) is 30.2 Å². The van der Waals surface area contributed by atoms with Gasteiger partial charge < -0.3 is 23.9 Å². The second-order valence-corrected chi connectivity index (χ2v) is 10.8. The van der Waals surface area contributed by atoms with Gasteiger partial charge in [0.25, 0.3) is 5.79 Å². The Balaban J connectivity index is 1.15. The van der Waals surface area contributed by atoms with E-state index >= 15 is 0 Å². The van der Waals surface area contributed by atoms with Gasteiger partial charge >= 0.3 is 0 Å². The minimum atomic E-state index is -1.29. The number of aromatic nitrogens is 2. The van der Waals surface area contributed by atoms with Crippen molar-refractivity contribution in [1.29, 1.82) is 0 Å². The van der Waals surface area contributed by atoms with E-state index in [2.05, 4.69) is 9.88 Å². The Morgan fingerprint density at radius 3 is 2.61 bits per heavy atom. The molecule has 0 radical (unpaired) electrons. The van der Waals surface area contributed by atoms with Crippen LogP contribution in [-0.4, -0.2) is 45.4 Å². The van der Waals surface area contributed by atoms with Gasteiger partial charge in [0.05, 0.1) is 31.4 Å². The van der Waals surface area contributed by atoms with Crippen LogP contribution in [0, 0.1) is 11.8 Å². The minimum absolute atomic E-state index is 0.0350. The molecule has 3 aromatic rings. The highest BCUT2D eigenvalue weighted by Crippen LogP contribution is 2.49. The van der Waals surface area contributed by atoms with E-state index in [1.165, 1.54) is 6.07 Å². The Morgan fingerprint density at radius 1 is 1.13 bits per heavy atom. The molecule has 0 aliphatic carbocycles. The van der Waals surface area contributed by atoms with Crippen molar-refractivity contribution in [3.63, 3.8) is 0 Å². The normalized spacial score (nSPS) is 23.6. The van der Waals surface area contributed by atoms with Gasteiger partial charge in [0.2, 0.25) is 5.95 Å². The molecule has 0 amide bonds. The molecule has 1 aromatic heterocycles. The van der Waals surface area contributed by atoms with Gasteiger partial charge in [-0.05, 0) is 62.5 Å². The summed E-state index contributed by atoms with van der Waals surface area (Å²) in [6, 6.07) is 10.3. The van der Waals surface area contributed by atoms with E-state index in [9.17, 15) is 13.9 Å². The molecule has 1 N–H and O–H groups in total. The van der Waals surface area contributed by atoms with Crippen LogP contribution in [0.25, 0.3) is 0 Å². The van der Waals surface area contributed by atoms with Crippen LogP contribution < -0.4 is 9.47 Å². The zero-order valence-electron chi connectivity index (χ0n) is 21.1. The maximum atomic E-state index is 14.7. The van der Waals surface area contributed by atoms with Crippen LogP contribution in [0.1, 0.15) is 54.7 Å². The van der Waals surface area contributed by atoms with Crippen LogP contribution in [0.2, 0.25) is 5.02 Å². The summed E-state index contributed by atoms with van der Waals surface area (Å²) in [5.74, 6) is -0.306. The number of likely N-dealkylation sites (tertiary alicyclic amines) is 1. The van der Waals surface area contributed by atoms with Gasteiger partial charge in [-0.15, -0.1) is 0 Å². The fourth-order valence-corrected chi connectivity index (χ4v) is 5.82. The van der Waals surface area contributed by atoms with Crippen molar-refractivity contribution in [2.24, 2.45) is 0 Å². The van der Waals surface area contributed by atoms with Crippen LogP contribution in [0.3, 0.4) is 0 Å². The Hall–Kier alpha value is -2.72. The number of para-hydroxylation sites is 1. The predicted molar refractivity (Wildman–Crippen MR) is 136 cm³/mol. The lowest BCUT2D eigenvalue weighted by atomic mass is 9.88. The molecule has 0 unspecified atom stereocenters. The molecule has 3 aliphatic rings. The van der Waals surface area contributed by atoms with Gasteiger partial charge in [-0.25, -0.2) is 9.37 Å². The predicted octanol–water partition coefficient (Wildman–Crippen LogP) is 5.12. The van der Waals surface area contributed by atoms with E-state index in [1.54, 1.807) is 23.6 Å². The van der Waals surface area contributed by atoms with Crippen LogP contribution in [0.4, 0.5) is 8.78 Å². The van der Waals surface area contributed by atoms with Crippen molar-refractivity contribution >= 4 is 11.6 Å². The summed E-state index contributed by atoms with van der Waals surface area (Å²) in [5.41, 5.74) is 1.54. The van der Waals surface area contributed by atoms with E-state index in [1.807, 2.05) is 18.2 Å². The highest BCUT2D eigenvalue weighted by Gasteiger charge is 2.43. The summed E-state index contributed by atoms with van der Waals surface area (Å²) in [6.07, 6.45) is 2.70. The number of hydrogen-bond acceptors (Lipinski definition) is 6. The Labute approximate surface area is 224 Å². The van der Waals surface area contributed by atoms with Crippen LogP contribution in [0.15, 0.2) is 36.4 Å². The highest BCUT2D eigenvalue weighted by molar-refractivity contribution is 6.30. The molecule has 2 saturated heterocycles. The second kappa shape index (κ2) is 10.1. The molecule has 3 aliphatic heterocycles. The van der Waals surface area contributed by atoms with E-state index in [0.717, 1.165) is 37.9 Å². The van der Waals surface area contributed by atoms with E-state index in [4.69, 9.17) is 25.8 Å². The zero-order valence-corrected chi connectivity index (χ0v) is 21.9. The first-order valence-electron chi connectivity index (χ1n) is 13.0. The smallest absolute Gasteiger partial charge is 0.278 e. The number of imidazole rings is 1. The van der Waals surface area contributed by atoms with Gasteiger partial charge in [-0.3, -0.25) is 4.90 Å². The molecule has 7 nitrogen and oxygen atoms in total. The third-order valence-corrected chi connectivity index (χ3v) is 8.09. The maximum absolute atomic E-state index is 14.7. The van der Waals surface area contributed by atoms with Crippen molar-refractivity contribution in [3.05, 3.63) is 75.8 Å². The number of fused-ring (bicyclic) bond motifs is 1. The SMILES string of the molecule is C[C@]1(c2ccc(Cl)cc2F)Oc2cccc(C3CCN(Cc4nc(F)c(CO)n4C[C@@H]4CCO4)CC3)c2O1. The van der Waals surface area contributed by atoms with E-state index in [-0.39, 0.29) is 23.3 Å². The molecular weight excluding hydrogens is 516 g/mol. The molecule has 10 heteroatoms. The number of halogens is 3. The zero-order chi connectivity index (χ0) is 26.4. The second-order valence-electron chi connectivity index (χ2n) is 10.3. The molecule has 2 aromatic carbocycles. The largest absolute Gasteiger partial charge is 0.444 e. The van der Waals surface area contributed by atoms with Gasteiger partial charge in [0.1, 0.15) is 17.3 Å². The number of hydrogen-bond donors (Lipinski definition) is 1. The van der Waals surface area contributed by atoms with Gasteiger partial charge in [0, 0.05) is 24.1 Å². The number of aliphatic hydroxyl groups excluding tert-OH is 1. The molecule has 6 rings (SSSR count). The van der Waals surface area contributed by atoms with E-state index < -0.39 is 24.2 Å². The monoisotopic (exact) mass is 545 g/mol. The maximum Gasteiger partial charge on any atom is 0.278 e. The van der Waals surface area contributed by atoms with Gasteiger partial charge in [-0.2, -0.15) is 4.39 Å². The highest BCUT2D eigenvalue weighted by atomic mass is 35.5. The summed E-state index contributed by atoms with van der Waals surface area (Å²) in [6.45, 7) is 4.61. The van der Waals surface area contributed by atoms with Crippen molar-refractivity contribution < 1.29 is 28.1 Å². The van der Waals surface area contributed by atoms with Gasteiger partial charge in [0.15, 0.2) is 11.5 Å². The Bertz CT molecular complexity index is 1340. The summed E-state index contributed by atoms with van der Waals surface area (Å²) in [7, 11) is 0. The molecule has 0 bridgehead atoms. The number of piperidine rings is 1. The standard InChI is InChI=1S/C28H30ClF2N3O4/c1-28(21-6-5-18(29)13-22(21)30)37-24-4-2-3-20(26(24)38-28)17-7-10-33(11-8-17)15-25-32-27(31)23(16-35)34(25)14-19-9-12-36-19/h2-6,13,17,19,35H,7-12,14-16H2,1H3/t19-,28-/m0/s1. The fourth-order valence-electron chi connectivity index (χ4n) is 5.66. The number of ether oxygens (including phenoxy) is 3. The third kappa shape index (κ3) is 4.66. The summed E-state index contributed by atoms with van der Waals surface area (Å²) >= 11 is 5.94. The lowest BCUT2D eigenvalue weighted by molar-refractivity contribution is -0.0712. The topological polar surface area (TPSA) is 69.0 Å². The number of nitrogens with zero attached hydrogens (tertiary/aromatic N) is 3. The quantitative estimate of drug-likeness (QED) is 0.444. The number of aliphatic hydroxyl groups is 1. The van der Waals surface area contributed by atoms with Crippen molar-refractivity contribution in [2.75, 3.05) is 19.7 Å². The van der Waals surface area contributed by atoms with Gasteiger partial charge in [-0.1, -0.05) is 23.7 Å². The average molecular weight is 546 g/mol. The first-order valence-corrected chi connectivity index (χ1v) is 13.4. The third-order valence-electron chi connectivity index (χ3n) is 7.86. The number of rotatable bonds is 7. The Kier molecular flexibility index (Phi) is 6.80. The molecular formula is C28H30ClF2N3O4. The molecule has 4 heterocycles. The molecule has 38 heavy (non-hydrogen) atoms.